The van der Waals surface area contributed by atoms with Gasteiger partial charge in [0.05, 0.1) is 17.9 Å². The number of rotatable bonds is 5. The van der Waals surface area contributed by atoms with Gasteiger partial charge in [-0.05, 0) is 25.0 Å². The third kappa shape index (κ3) is 3.15. The van der Waals surface area contributed by atoms with Crippen LogP contribution >= 0.6 is 11.8 Å². The third-order valence-corrected chi connectivity index (χ3v) is 5.87. The van der Waals surface area contributed by atoms with Gasteiger partial charge in [0.25, 0.3) is 0 Å². The van der Waals surface area contributed by atoms with Crippen LogP contribution in [0.3, 0.4) is 0 Å². The van der Waals surface area contributed by atoms with Crippen LogP contribution in [0, 0.1) is 0 Å². The first-order valence-electron chi connectivity index (χ1n) is 8.06. The van der Waals surface area contributed by atoms with Gasteiger partial charge in [-0.25, -0.2) is 0 Å². The molecule has 1 aliphatic heterocycles. The Bertz CT molecular complexity index is 658. The highest BCUT2D eigenvalue weighted by molar-refractivity contribution is 8.00. The van der Waals surface area contributed by atoms with Gasteiger partial charge in [0.15, 0.2) is 5.76 Å². The number of hydrogen-bond donors (Lipinski definition) is 0. The van der Waals surface area contributed by atoms with E-state index in [1.165, 1.54) is 25.7 Å². The van der Waals surface area contributed by atoms with Gasteiger partial charge >= 0.3 is 0 Å². The second kappa shape index (κ2) is 6.39. The Morgan fingerprint density at radius 2 is 2.17 bits per heavy atom. The number of furan rings is 1. The first-order valence-corrected chi connectivity index (χ1v) is 9.11. The molecule has 1 amide bonds. The van der Waals surface area contributed by atoms with Crippen LogP contribution in [0.4, 0.5) is 0 Å². The summed E-state index contributed by atoms with van der Waals surface area (Å²) < 4.78 is 10.5. The lowest BCUT2D eigenvalue weighted by molar-refractivity contribution is -0.133. The molecule has 3 heterocycles. The van der Waals surface area contributed by atoms with Gasteiger partial charge in [-0.15, -0.1) is 11.8 Å². The maximum atomic E-state index is 12.2. The number of carbonyl (C=O) groups excluding carboxylic acids is 1. The van der Waals surface area contributed by atoms with E-state index in [9.17, 15) is 4.79 Å². The van der Waals surface area contributed by atoms with E-state index in [-0.39, 0.29) is 11.8 Å². The van der Waals surface area contributed by atoms with Crippen molar-refractivity contribution in [3.8, 4) is 11.6 Å². The van der Waals surface area contributed by atoms with Crippen molar-refractivity contribution in [3.63, 3.8) is 0 Å². The summed E-state index contributed by atoms with van der Waals surface area (Å²) in [6.45, 7) is 1.34. The number of aromatic nitrogens is 2. The SMILES string of the molecule is O=C(CSC1CCCC1)N1CC(c2nc(-c3ccco3)no2)C1. The van der Waals surface area contributed by atoms with Gasteiger partial charge in [-0.3, -0.25) is 4.79 Å². The quantitative estimate of drug-likeness (QED) is 0.838. The molecule has 0 aromatic carbocycles. The minimum atomic E-state index is 0.145. The normalized spacial score (nSPS) is 19.2. The Morgan fingerprint density at radius 1 is 1.35 bits per heavy atom. The standard InChI is InChI=1S/C16H19N3O3S/c20-14(10-23-12-4-1-2-5-12)19-8-11(9-19)16-17-15(18-22-16)13-6-3-7-21-13/h3,6-7,11-12H,1-2,4-5,8-10H2. The van der Waals surface area contributed by atoms with E-state index >= 15 is 0 Å². The molecule has 0 spiro atoms. The molecule has 0 unspecified atom stereocenters. The van der Waals surface area contributed by atoms with Crippen LogP contribution < -0.4 is 0 Å². The zero-order valence-corrected chi connectivity index (χ0v) is 13.6. The Morgan fingerprint density at radius 3 is 2.91 bits per heavy atom. The van der Waals surface area contributed by atoms with E-state index in [1.54, 1.807) is 18.4 Å². The van der Waals surface area contributed by atoms with E-state index in [4.69, 9.17) is 8.94 Å². The van der Waals surface area contributed by atoms with Crippen molar-refractivity contribution < 1.29 is 13.7 Å². The maximum Gasteiger partial charge on any atom is 0.238 e. The number of amides is 1. The lowest BCUT2D eigenvalue weighted by Crippen LogP contribution is -2.49. The van der Waals surface area contributed by atoms with Gasteiger partial charge in [0.1, 0.15) is 0 Å². The van der Waals surface area contributed by atoms with Crippen LogP contribution in [-0.4, -0.2) is 45.0 Å². The second-order valence-electron chi connectivity index (χ2n) is 6.15. The predicted octanol–water partition coefficient (Wildman–Crippen LogP) is 2.93. The van der Waals surface area contributed by atoms with Crippen LogP contribution in [0.2, 0.25) is 0 Å². The minimum absolute atomic E-state index is 0.145. The molecule has 4 rings (SSSR count). The van der Waals surface area contributed by atoms with E-state index in [1.807, 2.05) is 16.7 Å². The highest BCUT2D eigenvalue weighted by Gasteiger charge is 2.36. The number of hydrogen-bond acceptors (Lipinski definition) is 6. The average Bonchev–Trinajstić information content (AvgIpc) is 3.24. The fourth-order valence-corrected chi connectivity index (χ4v) is 4.31. The topological polar surface area (TPSA) is 72.4 Å². The molecule has 2 aromatic rings. The van der Waals surface area contributed by atoms with Gasteiger partial charge in [-0.1, -0.05) is 18.0 Å². The highest BCUT2D eigenvalue weighted by Crippen LogP contribution is 2.31. The molecule has 2 aliphatic rings. The number of nitrogens with zero attached hydrogens (tertiary/aromatic N) is 3. The van der Waals surface area contributed by atoms with Crippen LogP contribution in [-0.2, 0) is 4.79 Å². The number of thioether (sulfide) groups is 1. The first-order chi connectivity index (χ1) is 11.3. The Kier molecular flexibility index (Phi) is 4.11. The van der Waals surface area contributed by atoms with E-state index < -0.39 is 0 Å². The molecule has 0 bridgehead atoms. The molecule has 1 saturated heterocycles. The molecule has 7 heteroatoms. The van der Waals surface area contributed by atoms with Crippen molar-refractivity contribution in [2.45, 2.75) is 36.9 Å². The second-order valence-corrected chi connectivity index (χ2v) is 7.44. The third-order valence-electron chi connectivity index (χ3n) is 4.51. The number of carbonyl (C=O) groups is 1. The Balaban J connectivity index is 1.27. The highest BCUT2D eigenvalue weighted by atomic mass is 32.2. The maximum absolute atomic E-state index is 12.2. The van der Waals surface area contributed by atoms with Crippen molar-refractivity contribution in [2.75, 3.05) is 18.8 Å². The number of likely N-dealkylation sites (tertiary alicyclic amines) is 1. The molecule has 0 radical (unpaired) electrons. The molecule has 2 aromatic heterocycles. The lowest BCUT2D eigenvalue weighted by Gasteiger charge is -2.37. The summed E-state index contributed by atoms with van der Waals surface area (Å²) in [7, 11) is 0. The summed E-state index contributed by atoms with van der Waals surface area (Å²) in [5.74, 6) is 2.62. The van der Waals surface area contributed by atoms with Gasteiger partial charge in [0.2, 0.25) is 17.6 Å². The predicted molar refractivity (Wildman–Crippen MR) is 86.0 cm³/mol. The molecule has 0 atom stereocenters. The smallest absolute Gasteiger partial charge is 0.238 e. The van der Waals surface area contributed by atoms with Crippen molar-refractivity contribution in [2.24, 2.45) is 0 Å². The summed E-state index contributed by atoms with van der Waals surface area (Å²) in [5, 5.41) is 4.62. The fourth-order valence-electron chi connectivity index (χ4n) is 3.08. The van der Waals surface area contributed by atoms with Crippen LogP contribution in [0.25, 0.3) is 11.6 Å². The monoisotopic (exact) mass is 333 g/mol. The Hall–Kier alpha value is -1.76. The molecule has 6 nitrogen and oxygen atoms in total. The van der Waals surface area contributed by atoms with Crippen molar-refractivity contribution >= 4 is 17.7 Å². The van der Waals surface area contributed by atoms with Gasteiger partial charge < -0.3 is 13.8 Å². The van der Waals surface area contributed by atoms with E-state index in [2.05, 4.69) is 10.1 Å². The van der Waals surface area contributed by atoms with Gasteiger partial charge in [0, 0.05) is 18.3 Å². The van der Waals surface area contributed by atoms with Crippen LogP contribution in [0.15, 0.2) is 27.3 Å². The molecule has 1 saturated carbocycles. The molecule has 0 N–H and O–H groups in total. The van der Waals surface area contributed by atoms with Crippen molar-refractivity contribution in [1.82, 2.24) is 15.0 Å². The van der Waals surface area contributed by atoms with Crippen LogP contribution in [0.1, 0.15) is 37.5 Å². The average molecular weight is 333 g/mol. The zero-order valence-electron chi connectivity index (χ0n) is 12.8. The Labute approximate surface area is 138 Å². The summed E-state index contributed by atoms with van der Waals surface area (Å²) in [4.78, 5) is 18.4. The van der Waals surface area contributed by atoms with E-state index in [0.717, 1.165) is 0 Å². The molecular formula is C16H19N3O3S. The minimum Gasteiger partial charge on any atom is -0.461 e. The van der Waals surface area contributed by atoms with Crippen molar-refractivity contribution in [1.29, 1.82) is 0 Å². The van der Waals surface area contributed by atoms with E-state index in [0.29, 0.717) is 41.6 Å². The lowest BCUT2D eigenvalue weighted by atomic mass is 10.0. The molecule has 2 fully saturated rings. The largest absolute Gasteiger partial charge is 0.461 e. The van der Waals surface area contributed by atoms with Crippen molar-refractivity contribution in [3.05, 3.63) is 24.3 Å². The summed E-state index contributed by atoms with van der Waals surface area (Å²) in [6.07, 6.45) is 6.73. The fraction of sp³-hybridized carbons (Fsp3) is 0.562. The summed E-state index contributed by atoms with van der Waals surface area (Å²) in [5.41, 5.74) is 0. The molecule has 23 heavy (non-hydrogen) atoms. The molecule has 122 valence electrons. The van der Waals surface area contributed by atoms with Gasteiger partial charge in [-0.2, -0.15) is 4.98 Å². The summed E-state index contributed by atoms with van der Waals surface area (Å²) >= 11 is 1.81. The first kappa shape index (κ1) is 14.8. The van der Waals surface area contributed by atoms with Crippen LogP contribution in [0.5, 0.6) is 0 Å². The molecular weight excluding hydrogens is 314 g/mol. The molecule has 1 aliphatic carbocycles. The zero-order chi connectivity index (χ0) is 15.6. The summed E-state index contributed by atoms with van der Waals surface area (Å²) in [6, 6.07) is 3.59.